The van der Waals surface area contributed by atoms with Gasteiger partial charge in [-0.15, -0.1) is 0 Å². The molecular formula is C12H10N4OS. The highest BCUT2D eigenvalue weighted by Crippen LogP contribution is 2.34. The quantitative estimate of drug-likeness (QED) is 0.714. The second-order valence-corrected chi connectivity index (χ2v) is 4.63. The van der Waals surface area contributed by atoms with Crippen molar-refractivity contribution in [1.29, 1.82) is 0 Å². The molecule has 0 aliphatic carbocycles. The van der Waals surface area contributed by atoms with E-state index in [0.29, 0.717) is 11.3 Å². The molecule has 5 nitrogen and oxygen atoms in total. The number of benzene rings is 1. The second-order valence-electron chi connectivity index (χ2n) is 3.66. The van der Waals surface area contributed by atoms with Gasteiger partial charge in [-0.2, -0.15) is 0 Å². The van der Waals surface area contributed by atoms with Gasteiger partial charge in [-0.25, -0.2) is 15.0 Å². The van der Waals surface area contributed by atoms with Gasteiger partial charge in [0.1, 0.15) is 10.8 Å². The fourth-order valence-electron chi connectivity index (χ4n) is 1.64. The number of rotatable bonds is 2. The minimum atomic E-state index is 0.639. The molecule has 0 atom stereocenters. The van der Waals surface area contributed by atoms with Gasteiger partial charge in [-0.1, -0.05) is 11.3 Å². The van der Waals surface area contributed by atoms with Crippen LogP contribution in [0.4, 0.5) is 5.69 Å². The third-order valence-electron chi connectivity index (χ3n) is 2.54. The lowest BCUT2D eigenvalue weighted by atomic mass is 10.2. The number of nitrogen functional groups attached to an aromatic ring is 1. The van der Waals surface area contributed by atoms with E-state index in [1.807, 2.05) is 12.1 Å². The number of nitrogens with zero attached hydrogens (tertiary/aromatic N) is 3. The van der Waals surface area contributed by atoms with Crippen molar-refractivity contribution in [3.8, 4) is 16.3 Å². The van der Waals surface area contributed by atoms with Gasteiger partial charge in [-0.3, -0.25) is 0 Å². The first-order valence-electron chi connectivity index (χ1n) is 5.29. The van der Waals surface area contributed by atoms with Crippen molar-refractivity contribution in [2.24, 2.45) is 0 Å². The predicted molar refractivity (Wildman–Crippen MR) is 71.6 cm³/mol. The van der Waals surface area contributed by atoms with Crippen LogP contribution >= 0.6 is 11.3 Å². The molecule has 3 aromatic rings. The smallest absolute Gasteiger partial charge is 0.190 e. The molecule has 0 fully saturated rings. The first kappa shape index (κ1) is 10.9. The maximum atomic E-state index is 5.97. The first-order valence-corrected chi connectivity index (χ1v) is 6.11. The molecule has 2 N–H and O–H groups in total. The maximum Gasteiger partial charge on any atom is 0.190 e. The summed E-state index contributed by atoms with van der Waals surface area (Å²) in [5.41, 5.74) is 8.12. The van der Waals surface area contributed by atoms with Crippen LogP contribution < -0.4 is 10.5 Å². The maximum absolute atomic E-state index is 5.97. The van der Waals surface area contributed by atoms with Crippen LogP contribution in [0.1, 0.15) is 0 Å². The number of thiazole rings is 1. The van der Waals surface area contributed by atoms with Crippen molar-refractivity contribution in [3.05, 3.63) is 30.6 Å². The molecule has 1 aromatic carbocycles. The van der Waals surface area contributed by atoms with Crippen LogP contribution in [0.3, 0.4) is 0 Å². The second kappa shape index (κ2) is 4.23. The van der Waals surface area contributed by atoms with Crippen molar-refractivity contribution in [1.82, 2.24) is 15.0 Å². The van der Waals surface area contributed by atoms with E-state index >= 15 is 0 Å². The number of nitrogens with two attached hydrogens (primary N) is 1. The Bertz CT molecular complexity index is 677. The highest BCUT2D eigenvalue weighted by molar-refractivity contribution is 7.21. The minimum absolute atomic E-state index is 0.639. The number of hydrogen-bond acceptors (Lipinski definition) is 6. The molecule has 0 saturated heterocycles. The summed E-state index contributed by atoms with van der Waals surface area (Å²) in [6.45, 7) is 0. The van der Waals surface area contributed by atoms with E-state index < -0.39 is 0 Å². The van der Waals surface area contributed by atoms with Gasteiger partial charge in [-0.05, 0) is 18.2 Å². The Hall–Kier alpha value is -2.21. The van der Waals surface area contributed by atoms with Crippen LogP contribution in [0.2, 0.25) is 0 Å². The van der Waals surface area contributed by atoms with Gasteiger partial charge in [0.05, 0.1) is 7.11 Å². The zero-order chi connectivity index (χ0) is 12.5. The summed E-state index contributed by atoms with van der Waals surface area (Å²) in [6, 6.07) is 5.50. The highest BCUT2D eigenvalue weighted by atomic mass is 32.1. The molecular weight excluding hydrogens is 248 g/mol. The Morgan fingerprint density at radius 3 is 2.83 bits per heavy atom. The van der Waals surface area contributed by atoms with E-state index in [-0.39, 0.29) is 0 Å². The largest absolute Gasteiger partial charge is 0.497 e. The molecule has 0 amide bonds. The number of ether oxygens (including phenoxy) is 1. The van der Waals surface area contributed by atoms with Gasteiger partial charge < -0.3 is 10.5 Å². The van der Waals surface area contributed by atoms with E-state index in [0.717, 1.165) is 21.2 Å². The van der Waals surface area contributed by atoms with Crippen molar-refractivity contribution in [2.75, 3.05) is 12.8 Å². The van der Waals surface area contributed by atoms with Crippen LogP contribution in [0.25, 0.3) is 21.0 Å². The molecule has 0 spiro atoms. The Morgan fingerprint density at radius 1 is 1.22 bits per heavy atom. The number of methoxy groups -OCH3 is 1. The molecule has 0 bridgehead atoms. The normalized spacial score (nSPS) is 10.7. The average Bonchev–Trinajstić information content (AvgIpc) is 2.82. The van der Waals surface area contributed by atoms with Crippen LogP contribution in [-0.2, 0) is 0 Å². The van der Waals surface area contributed by atoms with E-state index in [1.54, 1.807) is 25.6 Å². The van der Waals surface area contributed by atoms with Gasteiger partial charge in [0.15, 0.2) is 10.5 Å². The summed E-state index contributed by atoms with van der Waals surface area (Å²) in [7, 11) is 1.62. The third-order valence-corrected chi connectivity index (χ3v) is 3.52. The average molecular weight is 258 g/mol. The summed E-state index contributed by atoms with van der Waals surface area (Å²) >= 11 is 1.46. The lowest BCUT2D eigenvalue weighted by Crippen LogP contribution is -1.91. The summed E-state index contributed by atoms with van der Waals surface area (Å²) in [6.07, 6.45) is 3.28. The lowest BCUT2D eigenvalue weighted by Gasteiger charge is -2.04. The Morgan fingerprint density at radius 2 is 2.06 bits per heavy atom. The van der Waals surface area contributed by atoms with Crippen LogP contribution in [0.15, 0.2) is 30.6 Å². The molecule has 90 valence electrons. The first-order chi connectivity index (χ1) is 8.78. The van der Waals surface area contributed by atoms with E-state index in [2.05, 4.69) is 15.0 Å². The molecule has 0 saturated carbocycles. The number of hydrogen-bond donors (Lipinski definition) is 1. The van der Waals surface area contributed by atoms with Gasteiger partial charge >= 0.3 is 0 Å². The van der Waals surface area contributed by atoms with E-state index in [4.69, 9.17) is 10.5 Å². The Kier molecular flexibility index (Phi) is 2.56. The van der Waals surface area contributed by atoms with E-state index in [9.17, 15) is 0 Å². The predicted octanol–water partition coefficient (Wildman–Crippen LogP) is 2.34. The Balaban J connectivity index is 2.19. The molecule has 0 aliphatic heterocycles. The minimum Gasteiger partial charge on any atom is -0.497 e. The van der Waals surface area contributed by atoms with Crippen LogP contribution in [0.5, 0.6) is 5.75 Å². The standard InChI is InChI=1S/C12H10N4OS/c1-17-7-2-3-9(13)8(6-7)11-16-10-12(18-11)15-5-4-14-10/h2-6H,13H2,1H3. The van der Waals surface area contributed by atoms with E-state index in [1.165, 1.54) is 11.3 Å². The Labute approximate surface area is 107 Å². The monoisotopic (exact) mass is 258 g/mol. The number of anilines is 1. The highest BCUT2D eigenvalue weighted by Gasteiger charge is 2.11. The molecule has 0 unspecified atom stereocenters. The third kappa shape index (κ3) is 1.76. The SMILES string of the molecule is COc1ccc(N)c(-c2nc3nccnc3s2)c1. The number of aromatic nitrogens is 3. The molecule has 2 heterocycles. The lowest BCUT2D eigenvalue weighted by molar-refractivity contribution is 0.415. The summed E-state index contributed by atoms with van der Waals surface area (Å²) in [5, 5.41) is 0.799. The zero-order valence-corrected chi connectivity index (χ0v) is 10.4. The fourth-order valence-corrected chi connectivity index (χ4v) is 2.55. The van der Waals surface area contributed by atoms with Crippen molar-refractivity contribution in [3.63, 3.8) is 0 Å². The zero-order valence-electron chi connectivity index (χ0n) is 9.62. The van der Waals surface area contributed by atoms with Crippen LogP contribution in [0, 0.1) is 0 Å². The fraction of sp³-hybridized carbons (Fsp3) is 0.0833. The topological polar surface area (TPSA) is 73.9 Å². The summed E-state index contributed by atoms with van der Waals surface area (Å²) in [5.74, 6) is 0.749. The molecule has 6 heteroatoms. The van der Waals surface area contributed by atoms with Gasteiger partial charge in [0.25, 0.3) is 0 Å². The summed E-state index contributed by atoms with van der Waals surface area (Å²) in [4.78, 5) is 13.6. The van der Waals surface area contributed by atoms with Crippen LogP contribution in [-0.4, -0.2) is 22.1 Å². The molecule has 18 heavy (non-hydrogen) atoms. The molecule has 0 aliphatic rings. The van der Waals surface area contributed by atoms with Gasteiger partial charge in [0, 0.05) is 23.6 Å². The van der Waals surface area contributed by atoms with Crippen molar-refractivity contribution in [2.45, 2.75) is 0 Å². The number of fused-ring (bicyclic) bond motifs is 1. The van der Waals surface area contributed by atoms with Crippen molar-refractivity contribution < 1.29 is 4.74 Å². The summed E-state index contributed by atoms with van der Waals surface area (Å²) < 4.78 is 5.20. The van der Waals surface area contributed by atoms with Crippen molar-refractivity contribution >= 4 is 27.5 Å². The molecule has 2 aromatic heterocycles. The van der Waals surface area contributed by atoms with Gasteiger partial charge in [0.2, 0.25) is 0 Å². The molecule has 3 rings (SSSR count). The molecule has 0 radical (unpaired) electrons.